The smallest absolute Gasteiger partial charge is 0.247 e. The van der Waals surface area contributed by atoms with Gasteiger partial charge in [-0.2, -0.15) is 10.1 Å². The summed E-state index contributed by atoms with van der Waals surface area (Å²) >= 11 is 0. The number of aromatic nitrogens is 3. The molecule has 2 heterocycles. The SMILES string of the molecule is Cc1cccc(CNc2cnnc(N3CCOCC3)n2)c1. The first-order valence-corrected chi connectivity index (χ1v) is 7.13. The summed E-state index contributed by atoms with van der Waals surface area (Å²) in [4.78, 5) is 6.61. The molecule has 1 aromatic heterocycles. The van der Waals surface area contributed by atoms with Crippen LogP contribution in [-0.2, 0) is 11.3 Å². The van der Waals surface area contributed by atoms with Gasteiger partial charge in [-0.1, -0.05) is 29.8 Å². The Morgan fingerprint density at radius 1 is 1.29 bits per heavy atom. The van der Waals surface area contributed by atoms with Crippen molar-refractivity contribution in [2.24, 2.45) is 0 Å². The van der Waals surface area contributed by atoms with E-state index in [1.54, 1.807) is 6.20 Å². The van der Waals surface area contributed by atoms with Crippen LogP contribution in [0.15, 0.2) is 30.5 Å². The first kappa shape index (κ1) is 13.8. The minimum atomic E-state index is 0.660. The highest BCUT2D eigenvalue weighted by Gasteiger charge is 2.14. The molecule has 1 N–H and O–H groups in total. The second kappa shape index (κ2) is 6.49. The summed E-state index contributed by atoms with van der Waals surface area (Å²) in [7, 11) is 0. The number of aryl methyl sites for hydroxylation is 1. The zero-order chi connectivity index (χ0) is 14.5. The van der Waals surface area contributed by atoms with Crippen molar-refractivity contribution < 1.29 is 4.74 Å². The van der Waals surface area contributed by atoms with Crippen LogP contribution in [0.5, 0.6) is 0 Å². The molecular formula is C15H19N5O. The van der Waals surface area contributed by atoms with Crippen molar-refractivity contribution in [3.63, 3.8) is 0 Å². The Balaban J connectivity index is 1.65. The van der Waals surface area contributed by atoms with Crippen LogP contribution in [0.4, 0.5) is 11.8 Å². The van der Waals surface area contributed by atoms with Crippen LogP contribution in [0.2, 0.25) is 0 Å². The van der Waals surface area contributed by atoms with Crippen molar-refractivity contribution in [1.29, 1.82) is 0 Å². The average Bonchev–Trinajstić information content (AvgIpc) is 2.54. The monoisotopic (exact) mass is 285 g/mol. The van der Waals surface area contributed by atoms with Gasteiger partial charge in [0.05, 0.1) is 19.4 Å². The van der Waals surface area contributed by atoms with Crippen molar-refractivity contribution in [2.75, 3.05) is 36.5 Å². The minimum absolute atomic E-state index is 0.660. The molecule has 6 nitrogen and oxygen atoms in total. The van der Waals surface area contributed by atoms with Crippen LogP contribution in [-0.4, -0.2) is 41.5 Å². The average molecular weight is 285 g/mol. The summed E-state index contributed by atoms with van der Waals surface area (Å²) in [5.74, 6) is 1.40. The summed E-state index contributed by atoms with van der Waals surface area (Å²) in [6.07, 6.45) is 1.65. The van der Waals surface area contributed by atoms with Crippen molar-refractivity contribution in [1.82, 2.24) is 15.2 Å². The van der Waals surface area contributed by atoms with E-state index < -0.39 is 0 Å². The van der Waals surface area contributed by atoms with Crippen molar-refractivity contribution in [3.8, 4) is 0 Å². The van der Waals surface area contributed by atoms with Gasteiger partial charge < -0.3 is 15.0 Å². The summed E-state index contributed by atoms with van der Waals surface area (Å²) in [5, 5.41) is 11.4. The molecule has 1 saturated heterocycles. The lowest BCUT2D eigenvalue weighted by atomic mass is 10.1. The zero-order valence-corrected chi connectivity index (χ0v) is 12.1. The summed E-state index contributed by atoms with van der Waals surface area (Å²) in [5.41, 5.74) is 2.48. The van der Waals surface area contributed by atoms with Crippen LogP contribution in [0, 0.1) is 6.92 Å². The number of rotatable bonds is 4. The van der Waals surface area contributed by atoms with Gasteiger partial charge in [0.2, 0.25) is 5.95 Å². The third-order valence-electron chi connectivity index (χ3n) is 3.40. The van der Waals surface area contributed by atoms with Crippen molar-refractivity contribution >= 4 is 11.8 Å². The van der Waals surface area contributed by atoms with Crippen molar-refractivity contribution in [3.05, 3.63) is 41.6 Å². The van der Waals surface area contributed by atoms with E-state index >= 15 is 0 Å². The van der Waals surface area contributed by atoms with Gasteiger partial charge in [-0.25, -0.2) is 0 Å². The number of benzene rings is 1. The first-order chi connectivity index (χ1) is 10.3. The number of hydrogen-bond acceptors (Lipinski definition) is 6. The number of nitrogens with zero attached hydrogens (tertiary/aromatic N) is 4. The molecule has 1 aliphatic rings. The summed E-state index contributed by atoms with van der Waals surface area (Å²) in [6, 6.07) is 8.40. The molecule has 0 saturated carbocycles. The lowest BCUT2D eigenvalue weighted by Gasteiger charge is -2.26. The van der Waals surface area contributed by atoms with E-state index in [4.69, 9.17) is 4.74 Å². The fourth-order valence-electron chi connectivity index (χ4n) is 2.29. The van der Waals surface area contributed by atoms with Gasteiger partial charge >= 0.3 is 0 Å². The Kier molecular flexibility index (Phi) is 4.25. The van der Waals surface area contributed by atoms with Crippen LogP contribution in [0.3, 0.4) is 0 Å². The number of hydrogen-bond donors (Lipinski definition) is 1. The molecule has 110 valence electrons. The van der Waals surface area contributed by atoms with Crippen LogP contribution < -0.4 is 10.2 Å². The molecule has 0 spiro atoms. The second-order valence-electron chi connectivity index (χ2n) is 5.08. The van der Waals surface area contributed by atoms with Crippen LogP contribution in [0.25, 0.3) is 0 Å². The van der Waals surface area contributed by atoms with E-state index in [0.29, 0.717) is 19.2 Å². The number of anilines is 2. The fourth-order valence-corrected chi connectivity index (χ4v) is 2.29. The van der Waals surface area contributed by atoms with E-state index in [9.17, 15) is 0 Å². The Hall–Kier alpha value is -2.21. The molecule has 1 aliphatic heterocycles. The lowest BCUT2D eigenvalue weighted by Crippen LogP contribution is -2.37. The molecule has 6 heteroatoms. The van der Waals surface area contributed by atoms with E-state index in [1.807, 2.05) is 0 Å². The minimum Gasteiger partial charge on any atom is -0.378 e. The van der Waals surface area contributed by atoms with Crippen LogP contribution in [0.1, 0.15) is 11.1 Å². The predicted octanol–water partition coefficient (Wildman–Crippen LogP) is 1.63. The van der Waals surface area contributed by atoms with E-state index in [1.165, 1.54) is 11.1 Å². The maximum Gasteiger partial charge on any atom is 0.247 e. The number of ether oxygens (including phenoxy) is 1. The van der Waals surface area contributed by atoms with E-state index in [2.05, 4.69) is 56.6 Å². The molecule has 1 fully saturated rings. The maximum atomic E-state index is 5.33. The zero-order valence-electron chi connectivity index (χ0n) is 12.1. The third kappa shape index (κ3) is 3.66. The molecule has 0 amide bonds. The number of nitrogens with one attached hydrogen (secondary N) is 1. The standard InChI is InChI=1S/C15H19N5O/c1-12-3-2-4-13(9-12)10-16-14-11-17-19-15(18-14)20-5-7-21-8-6-20/h2-4,9,11H,5-8,10H2,1H3,(H,16,18,19). The molecule has 0 bridgehead atoms. The van der Waals surface area contributed by atoms with E-state index in [0.717, 1.165) is 25.5 Å². The Bertz CT molecular complexity index is 598. The third-order valence-corrected chi connectivity index (χ3v) is 3.40. The molecule has 1 aromatic carbocycles. The molecule has 3 rings (SSSR count). The Morgan fingerprint density at radius 2 is 2.14 bits per heavy atom. The molecule has 0 atom stereocenters. The predicted molar refractivity (Wildman–Crippen MR) is 81.4 cm³/mol. The first-order valence-electron chi connectivity index (χ1n) is 7.13. The molecule has 21 heavy (non-hydrogen) atoms. The topological polar surface area (TPSA) is 63.2 Å². The van der Waals surface area contributed by atoms with Gasteiger partial charge in [0.15, 0.2) is 5.82 Å². The molecule has 0 unspecified atom stereocenters. The highest BCUT2D eigenvalue weighted by atomic mass is 16.5. The highest BCUT2D eigenvalue weighted by Crippen LogP contribution is 2.12. The summed E-state index contributed by atoms with van der Waals surface area (Å²) < 4.78 is 5.33. The van der Waals surface area contributed by atoms with Gasteiger partial charge in [0.25, 0.3) is 0 Å². The molecular weight excluding hydrogens is 266 g/mol. The Morgan fingerprint density at radius 3 is 2.95 bits per heavy atom. The normalized spacial score (nSPS) is 15.0. The van der Waals surface area contributed by atoms with Gasteiger partial charge in [0.1, 0.15) is 0 Å². The second-order valence-corrected chi connectivity index (χ2v) is 5.08. The molecule has 0 aliphatic carbocycles. The van der Waals surface area contributed by atoms with Crippen LogP contribution >= 0.6 is 0 Å². The molecule has 2 aromatic rings. The maximum absolute atomic E-state index is 5.33. The van der Waals surface area contributed by atoms with Gasteiger partial charge in [-0.05, 0) is 12.5 Å². The highest BCUT2D eigenvalue weighted by molar-refractivity contribution is 5.40. The number of morpholine rings is 1. The largest absolute Gasteiger partial charge is 0.378 e. The Labute approximate surface area is 124 Å². The van der Waals surface area contributed by atoms with Gasteiger partial charge in [0, 0.05) is 19.6 Å². The van der Waals surface area contributed by atoms with Gasteiger partial charge in [-0.15, -0.1) is 5.10 Å². The summed E-state index contributed by atoms with van der Waals surface area (Å²) in [6.45, 7) is 5.86. The fraction of sp³-hybridized carbons (Fsp3) is 0.400. The lowest BCUT2D eigenvalue weighted by molar-refractivity contribution is 0.122. The van der Waals surface area contributed by atoms with Gasteiger partial charge in [-0.3, -0.25) is 0 Å². The van der Waals surface area contributed by atoms with Crippen molar-refractivity contribution in [2.45, 2.75) is 13.5 Å². The quantitative estimate of drug-likeness (QED) is 0.921. The molecule has 0 radical (unpaired) electrons. The van der Waals surface area contributed by atoms with E-state index in [-0.39, 0.29) is 0 Å².